The molecule has 116 valence electrons. The number of likely N-dealkylation sites (N-methyl/N-ethyl adjacent to an activating group) is 1. The van der Waals surface area contributed by atoms with Crippen LogP contribution in [0.5, 0.6) is 5.75 Å². The molecule has 1 saturated heterocycles. The molecule has 2 bridgehead atoms. The molecule has 0 unspecified atom stereocenters. The first-order valence-electron chi connectivity index (χ1n) is 8.12. The van der Waals surface area contributed by atoms with E-state index in [9.17, 15) is 0 Å². The molecule has 0 spiro atoms. The Morgan fingerprint density at radius 2 is 2.10 bits per heavy atom. The van der Waals surface area contributed by atoms with E-state index in [1.165, 1.54) is 45.1 Å². The second-order valence-corrected chi connectivity index (χ2v) is 7.03. The van der Waals surface area contributed by atoms with Crippen molar-refractivity contribution in [3.63, 3.8) is 0 Å². The average molecular weight is 308 g/mol. The van der Waals surface area contributed by atoms with Crippen molar-refractivity contribution >= 4 is 12.4 Å². The number of hydrogen-bond donors (Lipinski definition) is 0. The summed E-state index contributed by atoms with van der Waals surface area (Å²) in [4.78, 5) is 2.63. The van der Waals surface area contributed by atoms with Gasteiger partial charge in [-0.25, -0.2) is 0 Å². The van der Waals surface area contributed by atoms with Crippen molar-refractivity contribution in [2.45, 2.75) is 50.0 Å². The summed E-state index contributed by atoms with van der Waals surface area (Å²) in [6.07, 6.45) is 8.22. The molecular weight excluding hydrogens is 282 g/mol. The zero-order valence-electron chi connectivity index (χ0n) is 13.1. The minimum absolute atomic E-state index is 0. The van der Waals surface area contributed by atoms with E-state index in [2.05, 4.69) is 30.1 Å². The first-order chi connectivity index (χ1) is 9.74. The molecule has 0 amide bonds. The van der Waals surface area contributed by atoms with Gasteiger partial charge in [-0.2, -0.15) is 0 Å². The molecule has 3 heteroatoms. The Labute approximate surface area is 134 Å². The maximum absolute atomic E-state index is 5.51. The molecule has 1 aliphatic heterocycles. The molecule has 4 rings (SSSR count). The van der Waals surface area contributed by atoms with Gasteiger partial charge in [0.15, 0.2) is 0 Å². The molecule has 3 atom stereocenters. The maximum atomic E-state index is 5.51. The molecule has 1 aromatic carbocycles. The van der Waals surface area contributed by atoms with Crippen LogP contribution in [0.25, 0.3) is 0 Å². The van der Waals surface area contributed by atoms with E-state index in [1.807, 2.05) is 0 Å². The molecule has 2 nitrogen and oxygen atoms in total. The Morgan fingerprint density at radius 1 is 1.24 bits per heavy atom. The lowest BCUT2D eigenvalue weighted by molar-refractivity contribution is 0.00274. The van der Waals surface area contributed by atoms with Gasteiger partial charge in [-0.05, 0) is 68.5 Å². The van der Waals surface area contributed by atoms with Crippen molar-refractivity contribution in [1.82, 2.24) is 4.90 Å². The summed E-state index contributed by atoms with van der Waals surface area (Å²) in [6, 6.07) is 7.60. The van der Waals surface area contributed by atoms with E-state index in [0.29, 0.717) is 5.41 Å². The van der Waals surface area contributed by atoms with E-state index >= 15 is 0 Å². The van der Waals surface area contributed by atoms with Gasteiger partial charge in [-0.3, -0.25) is 0 Å². The van der Waals surface area contributed by atoms with Crippen molar-refractivity contribution in [2.75, 3.05) is 20.7 Å². The zero-order valence-corrected chi connectivity index (χ0v) is 13.9. The highest BCUT2D eigenvalue weighted by molar-refractivity contribution is 5.85. The Kier molecular flexibility index (Phi) is 3.96. The molecule has 1 saturated carbocycles. The SMILES string of the molecule is COc1ccc2c(c1)[C@@]13CCCC[C@@H]1[C@@H](C2)N(C)CC3.Cl. The van der Waals surface area contributed by atoms with Crippen molar-refractivity contribution in [2.24, 2.45) is 5.92 Å². The Balaban J connectivity index is 0.00000132. The maximum Gasteiger partial charge on any atom is 0.119 e. The third-order valence-electron chi connectivity index (χ3n) is 6.32. The smallest absolute Gasteiger partial charge is 0.119 e. The van der Waals surface area contributed by atoms with Crippen LogP contribution < -0.4 is 4.74 Å². The van der Waals surface area contributed by atoms with Crippen molar-refractivity contribution in [3.05, 3.63) is 29.3 Å². The number of rotatable bonds is 1. The molecule has 0 N–H and O–H groups in total. The minimum atomic E-state index is 0. The lowest BCUT2D eigenvalue weighted by Crippen LogP contribution is -2.59. The molecule has 3 aliphatic rings. The van der Waals surface area contributed by atoms with Crippen LogP contribution in [0.3, 0.4) is 0 Å². The summed E-state index contributed by atoms with van der Waals surface area (Å²) in [6.45, 7) is 1.26. The van der Waals surface area contributed by atoms with Crippen LogP contribution in [0, 0.1) is 5.92 Å². The van der Waals surface area contributed by atoms with Crippen LogP contribution in [-0.4, -0.2) is 31.6 Å². The average Bonchev–Trinajstić information content (AvgIpc) is 2.50. The van der Waals surface area contributed by atoms with E-state index in [-0.39, 0.29) is 12.4 Å². The number of ether oxygens (including phenoxy) is 1. The standard InChI is InChI=1S/C18H25NO.ClH/c1-19-10-9-18-8-4-3-5-15(18)17(19)11-13-6-7-14(20-2)12-16(13)18;/h6-7,12,15,17H,3-5,8-11H2,1-2H3;1H/t15-,17-,18-;/m1./s1. The summed E-state index contributed by atoms with van der Waals surface area (Å²) in [7, 11) is 4.12. The molecule has 0 aromatic heterocycles. The van der Waals surface area contributed by atoms with Crippen LogP contribution in [0.1, 0.15) is 43.2 Å². The number of hydrogen-bond acceptors (Lipinski definition) is 2. The van der Waals surface area contributed by atoms with Gasteiger partial charge >= 0.3 is 0 Å². The van der Waals surface area contributed by atoms with Gasteiger partial charge in [-0.1, -0.05) is 18.9 Å². The van der Waals surface area contributed by atoms with Crippen LogP contribution >= 0.6 is 12.4 Å². The predicted octanol–water partition coefficient (Wildman–Crippen LogP) is 3.81. The van der Waals surface area contributed by atoms with Gasteiger partial charge < -0.3 is 9.64 Å². The quantitative estimate of drug-likeness (QED) is 0.782. The van der Waals surface area contributed by atoms with Crippen LogP contribution in [-0.2, 0) is 11.8 Å². The minimum Gasteiger partial charge on any atom is -0.497 e. The fraction of sp³-hybridized carbons (Fsp3) is 0.667. The summed E-state index contributed by atoms with van der Waals surface area (Å²) in [5, 5.41) is 0. The molecular formula is C18H26ClNO. The summed E-state index contributed by atoms with van der Waals surface area (Å²) < 4.78 is 5.51. The van der Waals surface area contributed by atoms with Crippen molar-refractivity contribution in [3.8, 4) is 5.75 Å². The molecule has 2 aliphatic carbocycles. The Hall–Kier alpha value is -0.730. The topological polar surface area (TPSA) is 12.5 Å². The Bertz CT molecular complexity index is 532. The van der Waals surface area contributed by atoms with Crippen LogP contribution in [0.2, 0.25) is 0 Å². The molecule has 1 heterocycles. The number of nitrogens with zero attached hydrogens (tertiary/aromatic N) is 1. The fourth-order valence-corrected chi connectivity index (χ4v) is 5.30. The van der Waals surface area contributed by atoms with E-state index in [0.717, 1.165) is 17.7 Å². The third kappa shape index (κ3) is 2.10. The largest absolute Gasteiger partial charge is 0.497 e. The first kappa shape index (κ1) is 15.2. The predicted molar refractivity (Wildman–Crippen MR) is 88.6 cm³/mol. The van der Waals surface area contributed by atoms with Gasteiger partial charge in [0.1, 0.15) is 5.75 Å². The lowest BCUT2D eigenvalue weighted by Gasteiger charge is -2.58. The van der Waals surface area contributed by atoms with Crippen molar-refractivity contribution < 1.29 is 4.74 Å². The summed E-state index contributed by atoms with van der Waals surface area (Å²) in [5.41, 5.74) is 3.67. The summed E-state index contributed by atoms with van der Waals surface area (Å²) in [5.74, 6) is 1.91. The number of benzene rings is 1. The third-order valence-corrected chi connectivity index (χ3v) is 6.32. The van der Waals surface area contributed by atoms with Crippen LogP contribution in [0.4, 0.5) is 0 Å². The normalized spacial score (nSPS) is 34.4. The number of piperidine rings is 1. The van der Waals surface area contributed by atoms with E-state index in [1.54, 1.807) is 18.2 Å². The Morgan fingerprint density at radius 3 is 2.90 bits per heavy atom. The summed E-state index contributed by atoms with van der Waals surface area (Å²) >= 11 is 0. The highest BCUT2D eigenvalue weighted by Gasteiger charge is 2.53. The number of likely N-dealkylation sites (tertiary alicyclic amines) is 1. The number of fused-ring (bicyclic) bond motifs is 1. The second kappa shape index (κ2) is 5.48. The molecule has 1 aromatic rings. The lowest BCUT2D eigenvalue weighted by atomic mass is 9.52. The van der Waals surface area contributed by atoms with E-state index in [4.69, 9.17) is 4.74 Å². The van der Waals surface area contributed by atoms with Gasteiger partial charge in [-0.15, -0.1) is 12.4 Å². The number of halogens is 1. The van der Waals surface area contributed by atoms with E-state index < -0.39 is 0 Å². The highest BCUT2D eigenvalue weighted by atomic mass is 35.5. The highest BCUT2D eigenvalue weighted by Crippen LogP contribution is 2.55. The monoisotopic (exact) mass is 307 g/mol. The van der Waals surface area contributed by atoms with Gasteiger partial charge in [0.05, 0.1) is 7.11 Å². The zero-order chi connectivity index (χ0) is 13.7. The van der Waals surface area contributed by atoms with Crippen molar-refractivity contribution in [1.29, 1.82) is 0 Å². The van der Waals surface area contributed by atoms with Crippen LogP contribution in [0.15, 0.2) is 18.2 Å². The molecule has 0 radical (unpaired) electrons. The number of methoxy groups -OCH3 is 1. The van der Waals surface area contributed by atoms with Gasteiger partial charge in [0, 0.05) is 11.5 Å². The first-order valence-corrected chi connectivity index (χ1v) is 8.12. The molecule has 21 heavy (non-hydrogen) atoms. The second-order valence-electron chi connectivity index (χ2n) is 7.03. The van der Waals surface area contributed by atoms with Gasteiger partial charge in [0.2, 0.25) is 0 Å². The molecule has 2 fully saturated rings. The fourth-order valence-electron chi connectivity index (χ4n) is 5.30. The van der Waals surface area contributed by atoms with Gasteiger partial charge in [0.25, 0.3) is 0 Å².